The van der Waals surface area contributed by atoms with Crippen molar-refractivity contribution in [1.29, 1.82) is 0 Å². The van der Waals surface area contributed by atoms with Crippen molar-refractivity contribution in [3.05, 3.63) is 36.5 Å². The lowest BCUT2D eigenvalue weighted by Gasteiger charge is -2.27. The van der Waals surface area contributed by atoms with Crippen molar-refractivity contribution in [2.75, 3.05) is 5.32 Å². The molecular weight excluding hydrogens is 250 g/mol. The van der Waals surface area contributed by atoms with Crippen molar-refractivity contribution in [3.63, 3.8) is 0 Å². The van der Waals surface area contributed by atoms with Crippen molar-refractivity contribution in [1.82, 2.24) is 4.98 Å². The van der Waals surface area contributed by atoms with E-state index in [4.69, 9.17) is 5.73 Å². The highest BCUT2D eigenvalue weighted by Crippen LogP contribution is 2.26. The van der Waals surface area contributed by atoms with Gasteiger partial charge >= 0.3 is 0 Å². The first-order valence-electron chi connectivity index (χ1n) is 7.16. The number of rotatable bonds is 2. The van der Waals surface area contributed by atoms with Gasteiger partial charge in [-0.2, -0.15) is 0 Å². The van der Waals surface area contributed by atoms with Gasteiger partial charge in [0.25, 0.3) is 0 Å². The average Bonchev–Trinajstić information content (AvgIpc) is 2.48. The standard InChI is InChI=1S/C16H19N3O/c17-13-8-2-1-7-12(13)16(20)19-14-9-3-5-11-6-4-10-18-15(11)14/h3-6,9-10,12-13H,1-2,7-8,17H2,(H,19,20)/t12-,13-/m1/s1. The van der Waals surface area contributed by atoms with Crippen LogP contribution in [0.1, 0.15) is 25.7 Å². The molecule has 1 fully saturated rings. The van der Waals surface area contributed by atoms with E-state index in [2.05, 4.69) is 10.3 Å². The molecule has 104 valence electrons. The van der Waals surface area contributed by atoms with Gasteiger partial charge in [-0.05, 0) is 25.0 Å². The number of carbonyl (C=O) groups excluding carboxylic acids is 1. The van der Waals surface area contributed by atoms with Crippen molar-refractivity contribution in [2.45, 2.75) is 31.7 Å². The van der Waals surface area contributed by atoms with E-state index >= 15 is 0 Å². The van der Waals surface area contributed by atoms with E-state index in [1.165, 1.54) is 0 Å². The maximum Gasteiger partial charge on any atom is 0.229 e. The number of pyridine rings is 1. The molecule has 1 aromatic carbocycles. The summed E-state index contributed by atoms with van der Waals surface area (Å²) in [5.41, 5.74) is 7.67. The first kappa shape index (κ1) is 13.1. The number of hydrogen-bond donors (Lipinski definition) is 2. The molecule has 0 saturated heterocycles. The van der Waals surface area contributed by atoms with E-state index in [1.54, 1.807) is 6.20 Å². The second-order valence-electron chi connectivity index (χ2n) is 5.42. The second kappa shape index (κ2) is 5.59. The van der Waals surface area contributed by atoms with Crippen LogP contribution < -0.4 is 11.1 Å². The topological polar surface area (TPSA) is 68.0 Å². The van der Waals surface area contributed by atoms with E-state index in [9.17, 15) is 4.79 Å². The maximum absolute atomic E-state index is 12.4. The van der Waals surface area contributed by atoms with Gasteiger partial charge in [-0.15, -0.1) is 0 Å². The normalized spacial score (nSPS) is 22.6. The van der Waals surface area contributed by atoms with Crippen LogP contribution in [0.25, 0.3) is 10.9 Å². The number of benzene rings is 1. The van der Waals surface area contributed by atoms with Crippen LogP contribution in [0.3, 0.4) is 0 Å². The number of aromatic nitrogens is 1. The summed E-state index contributed by atoms with van der Waals surface area (Å²) in [6, 6.07) is 9.67. The van der Waals surface area contributed by atoms with Crippen molar-refractivity contribution in [2.24, 2.45) is 11.7 Å². The minimum Gasteiger partial charge on any atom is -0.327 e. The van der Waals surface area contributed by atoms with Crippen molar-refractivity contribution in [3.8, 4) is 0 Å². The Hall–Kier alpha value is -1.94. The van der Waals surface area contributed by atoms with Crippen LogP contribution in [0, 0.1) is 5.92 Å². The molecule has 0 radical (unpaired) electrons. The van der Waals surface area contributed by atoms with Crippen LogP contribution in [0.4, 0.5) is 5.69 Å². The Morgan fingerprint density at radius 3 is 2.85 bits per heavy atom. The van der Waals surface area contributed by atoms with Gasteiger partial charge in [0.2, 0.25) is 5.91 Å². The van der Waals surface area contributed by atoms with Crippen LogP contribution in [0.15, 0.2) is 36.5 Å². The summed E-state index contributed by atoms with van der Waals surface area (Å²) in [5.74, 6) is -0.0573. The summed E-state index contributed by atoms with van der Waals surface area (Å²) in [6.07, 6.45) is 5.77. The van der Waals surface area contributed by atoms with Gasteiger partial charge in [0, 0.05) is 17.6 Å². The minimum absolute atomic E-state index is 0.0216. The lowest BCUT2D eigenvalue weighted by atomic mass is 9.84. The number of para-hydroxylation sites is 1. The number of fused-ring (bicyclic) bond motifs is 1. The van der Waals surface area contributed by atoms with Gasteiger partial charge in [-0.3, -0.25) is 9.78 Å². The van der Waals surface area contributed by atoms with Gasteiger partial charge in [0.1, 0.15) is 0 Å². The maximum atomic E-state index is 12.4. The van der Waals surface area contributed by atoms with Crippen molar-refractivity contribution < 1.29 is 4.79 Å². The number of anilines is 1. The molecule has 0 bridgehead atoms. The zero-order valence-electron chi connectivity index (χ0n) is 11.4. The molecule has 1 heterocycles. The highest BCUT2D eigenvalue weighted by Gasteiger charge is 2.28. The Morgan fingerprint density at radius 1 is 1.20 bits per heavy atom. The minimum atomic E-state index is -0.0808. The molecule has 4 heteroatoms. The number of nitrogens with one attached hydrogen (secondary N) is 1. The molecule has 0 spiro atoms. The zero-order valence-corrected chi connectivity index (χ0v) is 11.4. The molecule has 1 aliphatic carbocycles. The summed E-state index contributed by atoms with van der Waals surface area (Å²) < 4.78 is 0. The van der Waals surface area contributed by atoms with Gasteiger partial charge in [-0.25, -0.2) is 0 Å². The Bertz CT molecular complexity index is 621. The lowest BCUT2D eigenvalue weighted by Crippen LogP contribution is -2.40. The Morgan fingerprint density at radius 2 is 2.00 bits per heavy atom. The summed E-state index contributed by atoms with van der Waals surface area (Å²) in [6.45, 7) is 0. The van der Waals surface area contributed by atoms with Gasteiger partial charge in [0.15, 0.2) is 0 Å². The fraction of sp³-hybridized carbons (Fsp3) is 0.375. The number of nitrogens with zero attached hydrogens (tertiary/aromatic N) is 1. The Kier molecular flexibility index (Phi) is 3.65. The number of carbonyl (C=O) groups is 1. The summed E-state index contributed by atoms with van der Waals surface area (Å²) in [5, 5.41) is 4.03. The van der Waals surface area contributed by atoms with Crippen molar-refractivity contribution >= 4 is 22.5 Å². The molecule has 20 heavy (non-hydrogen) atoms. The average molecular weight is 269 g/mol. The van der Waals surface area contributed by atoms with Gasteiger partial charge in [0.05, 0.1) is 17.1 Å². The van der Waals surface area contributed by atoms with E-state index < -0.39 is 0 Å². The third-order valence-electron chi connectivity index (χ3n) is 4.05. The van der Waals surface area contributed by atoms with E-state index in [0.717, 1.165) is 42.3 Å². The van der Waals surface area contributed by atoms with E-state index in [1.807, 2.05) is 30.3 Å². The number of nitrogens with two attached hydrogens (primary N) is 1. The lowest BCUT2D eigenvalue weighted by molar-refractivity contribution is -0.121. The fourth-order valence-corrected chi connectivity index (χ4v) is 2.92. The molecule has 1 amide bonds. The van der Waals surface area contributed by atoms with Crippen LogP contribution in [-0.4, -0.2) is 16.9 Å². The molecule has 2 aromatic rings. The second-order valence-corrected chi connectivity index (χ2v) is 5.42. The van der Waals surface area contributed by atoms with E-state index in [-0.39, 0.29) is 17.9 Å². The summed E-state index contributed by atoms with van der Waals surface area (Å²) in [7, 11) is 0. The van der Waals surface area contributed by atoms with Crippen LogP contribution in [-0.2, 0) is 4.79 Å². The zero-order chi connectivity index (χ0) is 13.9. The smallest absolute Gasteiger partial charge is 0.229 e. The largest absolute Gasteiger partial charge is 0.327 e. The molecule has 3 N–H and O–H groups in total. The first-order valence-corrected chi connectivity index (χ1v) is 7.16. The predicted octanol–water partition coefficient (Wildman–Crippen LogP) is 2.69. The van der Waals surface area contributed by atoms with Gasteiger partial charge in [-0.1, -0.05) is 31.0 Å². The van der Waals surface area contributed by atoms with Crippen LogP contribution in [0.2, 0.25) is 0 Å². The molecule has 4 nitrogen and oxygen atoms in total. The molecular formula is C16H19N3O. The SMILES string of the molecule is N[C@@H]1CCCC[C@H]1C(=O)Nc1cccc2cccnc12. The number of hydrogen-bond acceptors (Lipinski definition) is 3. The van der Waals surface area contributed by atoms with Gasteiger partial charge < -0.3 is 11.1 Å². The number of amides is 1. The fourth-order valence-electron chi connectivity index (χ4n) is 2.92. The molecule has 3 rings (SSSR count). The highest BCUT2D eigenvalue weighted by atomic mass is 16.1. The molecule has 0 aliphatic heterocycles. The Labute approximate surface area is 118 Å². The Balaban J connectivity index is 1.84. The van der Waals surface area contributed by atoms with Crippen LogP contribution in [0.5, 0.6) is 0 Å². The highest BCUT2D eigenvalue weighted by molar-refractivity contribution is 6.01. The van der Waals surface area contributed by atoms with E-state index in [0.29, 0.717) is 0 Å². The van der Waals surface area contributed by atoms with Crippen LogP contribution >= 0.6 is 0 Å². The molecule has 0 unspecified atom stereocenters. The molecule has 1 aliphatic rings. The predicted molar refractivity (Wildman–Crippen MR) is 80.3 cm³/mol. The molecule has 1 aromatic heterocycles. The summed E-state index contributed by atoms with van der Waals surface area (Å²) in [4.78, 5) is 16.8. The monoisotopic (exact) mass is 269 g/mol. The molecule has 2 atom stereocenters. The summed E-state index contributed by atoms with van der Waals surface area (Å²) >= 11 is 0. The third-order valence-corrected chi connectivity index (χ3v) is 4.05. The quantitative estimate of drug-likeness (QED) is 0.880. The third kappa shape index (κ3) is 2.51. The first-order chi connectivity index (χ1) is 9.75. The molecule has 1 saturated carbocycles.